The van der Waals surface area contributed by atoms with E-state index in [0.717, 1.165) is 22.0 Å². The Bertz CT molecular complexity index is 729. The molecule has 2 aromatic heterocycles. The van der Waals surface area contributed by atoms with Crippen molar-refractivity contribution in [2.75, 3.05) is 5.32 Å². The molecule has 0 aliphatic heterocycles. The molecule has 1 N–H and O–H groups in total. The number of aromatic nitrogens is 2. The second-order valence-corrected chi connectivity index (χ2v) is 5.39. The van der Waals surface area contributed by atoms with Crippen LogP contribution < -0.4 is 5.32 Å². The summed E-state index contributed by atoms with van der Waals surface area (Å²) in [6.07, 6.45) is 2.01. The van der Waals surface area contributed by atoms with Crippen molar-refractivity contribution in [2.45, 2.75) is 20.4 Å². The van der Waals surface area contributed by atoms with E-state index in [1.54, 1.807) is 24.3 Å². The van der Waals surface area contributed by atoms with Crippen LogP contribution >= 0.6 is 11.3 Å². The molecule has 19 heavy (non-hydrogen) atoms. The van der Waals surface area contributed by atoms with E-state index in [-0.39, 0.29) is 5.82 Å². The van der Waals surface area contributed by atoms with E-state index in [9.17, 15) is 4.39 Å². The molecule has 1 aromatic carbocycles. The lowest BCUT2D eigenvalue weighted by molar-refractivity contribution is 0.619. The number of fused-ring (bicyclic) bond motifs is 1. The molecule has 98 valence electrons. The van der Waals surface area contributed by atoms with Crippen LogP contribution in [-0.2, 0) is 6.54 Å². The van der Waals surface area contributed by atoms with Crippen molar-refractivity contribution in [2.24, 2.45) is 0 Å². The zero-order valence-corrected chi connectivity index (χ0v) is 11.6. The number of aryl methyl sites for hydroxylation is 2. The van der Waals surface area contributed by atoms with E-state index in [0.29, 0.717) is 12.1 Å². The SMILES string of the molecule is Cc1ccc(NCc2c(C)nc3sccn23)cc1F. The summed E-state index contributed by atoms with van der Waals surface area (Å²) < 4.78 is 15.5. The minimum Gasteiger partial charge on any atom is -0.379 e. The molecule has 0 bridgehead atoms. The fourth-order valence-corrected chi connectivity index (χ4v) is 2.82. The Kier molecular flexibility index (Phi) is 2.98. The lowest BCUT2D eigenvalue weighted by Crippen LogP contribution is -2.04. The molecule has 0 aliphatic carbocycles. The smallest absolute Gasteiger partial charge is 0.194 e. The van der Waals surface area contributed by atoms with Crippen molar-refractivity contribution in [3.63, 3.8) is 0 Å². The molecule has 3 aromatic rings. The summed E-state index contributed by atoms with van der Waals surface area (Å²) in [4.78, 5) is 5.47. The summed E-state index contributed by atoms with van der Waals surface area (Å²) in [5, 5.41) is 5.25. The van der Waals surface area contributed by atoms with Gasteiger partial charge in [0.2, 0.25) is 0 Å². The van der Waals surface area contributed by atoms with Crippen molar-refractivity contribution < 1.29 is 4.39 Å². The summed E-state index contributed by atoms with van der Waals surface area (Å²) in [5.74, 6) is -0.185. The van der Waals surface area contributed by atoms with E-state index < -0.39 is 0 Å². The zero-order valence-electron chi connectivity index (χ0n) is 10.8. The normalized spacial score (nSPS) is 11.1. The molecule has 0 saturated carbocycles. The second kappa shape index (κ2) is 4.66. The Morgan fingerprint density at radius 3 is 3.00 bits per heavy atom. The third-order valence-corrected chi connectivity index (χ3v) is 3.95. The van der Waals surface area contributed by atoms with Gasteiger partial charge in [-0.1, -0.05) is 6.07 Å². The molecule has 0 saturated heterocycles. The molecule has 0 radical (unpaired) electrons. The van der Waals surface area contributed by atoms with Gasteiger partial charge in [0.15, 0.2) is 4.96 Å². The predicted molar refractivity (Wildman–Crippen MR) is 76.3 cm³/mol. The number of rotatable bonds is 3. The largest absolute Gasteiger partial charge is 0.379 e. The number of thiazole rings is 1. The molecule has 2 heterocycles. The minimum absolute atomic E-state index is 0.185. The van der Waals surface area contributed by atoms with Gasteiger partial charge in [-0.25, -0.2) is 9.37 Å². The summed E-state index contributed by atoms with van der Waals surface area (Å²) in [7, 11) is 0. The standard InChI is InChI=1S/C14H14FN3S/c1-9-3-4-11(7-12(9)15)16-8-13-10(2)17-14-18(13)5-6-19-14/h3-7,16H,8H2,1-2H3. The van der Waals surface area contributed by atoms with E-state index in [1.807, 2.05) is 24.6 Å². The minimum atomic E-state index is -0.185. The molecular weight excluding hydrogens is 261 g/mol. The Morgan fingerprint density at radius 1 is 1.37 bits per heavy atom. The van der Waals surface area contributed by atoms with Gasteiger partial charge < -0.3 is 5.32 Å². The van der Waals surface area contributed by atoms with Crippen molar-refractivity contribution in [1.82, 2.24) is 9.38 Å². The van der Waals surface area contributed by atoms with E-state index in [1.165, 1.54) is 6.07 Å². The summed E-state index contributed by atoms with van der Waals surface area (Å²) in [5.41, 5.74) is 3.56. The van der Waals surface area contributed by atoms with E-state index >= 15 is 0 Å². The Balaban J connectivity index is 1.83. The highest BCUT2D eigenvalue weighted by Gasteiger charge is 2.09. The topological polar surface area (TPSA) is 29.3 Å². The highest BCUT2D eigenvalue weighted by Crippen LogP contribution is 2.19. The Labute approximate surface area is 114 Å². The quantitative estimate of drug-likeness (QED) is 0.788. The van der Waals surface area contributed by atoms with Crippen molar-refractivity contribution in [1.29, 1.82) is 0 Å². The van der Waals surface area contributed by atoms with Gasteiger partial charge >= 0.3 is 0 Å². The average Bonchev–Trinajstić information content (AvgIpc) is 2.92. The Hall–Kier alpha value is -1.88. The van der Waals surface area contributed by atoms with Gasteiger partial charge in [0.25, 0.3) is 0 Å². The molecule has 5 heteroatoms. The van der Waals surface area contributed by atoms with Crippen molar-refractivity contribution in [3.8, 4) is 0 Å². The number of halogens is 1. The van der Waals surface area contributed by atoms with Crippen LogP contribution in [0.2, 0.25) is 0 Å². The number of benzene rings is 1. The maximum Gasteiger partial charge on any atom is 0.194 e. The first kappa shape index (κ1) is 12.2. The molecule has 0 unspecified atom stereocenters. The molecule has 0 atom stereocenters. The maximum atomic E-state index is 13.5. The first-order valence-corrected chi connectivity index (χ1v) is 6.94. The third kappa shape index (κ3) is 2.21. The van der Waals surface area contributed by atoms with Crippen LogP contribution in [0.3, 0.4) is 0 Å². The molecule has 0 fully saturated rings. The number of hydrogen-bond donors (Lipinski definition) is 1. The first-order valence-electron chi connectivity index (χ1n) is 6.06. The Morgan fingerprint density at radius 2 is 2.21 bits per heavy atom. The predicted octanol–water partition coefficient (Wildman–Crippen LogP) is 3.76. The van der Waals surface area contributed by atoms with Crippen LogP contribution in [0.4, 0.5) is 10.1 Å². The van der Waals surface area contributed by atoms with Gasteiger partial charge in [-0.3, -0.25) is 4.40 Å². The highest BCUT2D eigenvalue weighted by atomic mass is 32.1. The van der Waals surface area contributed by atoms with Crippen LogP contribution in [0.25, 0.3) is 4.96 Å². The lowest BCUT2D eigenvalue weighted by atomic mass is 10.2. The number of hydrogen-bond acceptors (Lipinski definition) is 3. The van der Waals surface area contributed by atoms with Gasteiger partial charge in [0, 0.05) is 17.3 Å². The summed E-state index contributed by atoms with van der Waals surface area (Å²) in [6, 6.07) is 5.19. The average molecular weight is 275 g/mol. The molecule has 0 aliphatic rings. The van der Waals surface area contributed by atoms with Crippen LogP contribution in [0.1, 0.15) is 17.0 Å². The first-order chi connectivity index (χ1) is 9.15. The number of imidazole rings is 1. The van der Waals surface area contributed by atoms with Crippen molar-refractivity contribution >= 4 is 22.0 Å². The van der Waals surface area contributed by atoms with Gasteiger partial charge in [-0.05, 0) is 31.5 Å². The lowest BCUT2D eigenvalue weighted by Gasteiger charge is -2.07. The van der Waals surface area contributed by atoms with Gasteiger partial charge in [-0.15, -0.1) is 11.3 Å². The fraction of sp³-hybridized carbons (Fsp3) is 0.214. The third-order valence-electron chi connectivity index (χ3n) is 3.19. The maximum absolute atomic E-state index is 13.5. The van der Waals surface area contributed by atoms with E-state index in [4.69, 9.17) is 0 Å². The number of anilines is 1. The van der Waals surface area contributed by atoms with Crippen molar-refractivity contribution in [3.05, 3.63) is 52.5 Å². The summed E-state index contributed by atoms with van der Waals surface area (Å²) >= 11 is 1.61. The second-order valence-electron chi connectivity index (χ2n) is 4.52. The molecule has 0 amide bonds. The number of nitrogens with one attached hydrogen (secondary N) is 1. The van der Waals surface area contributed by atoms with Crippen LogP contribution in [0, 0.1) is 19.7 Å². The van der Waals surface area contributed by atoms with E-state index in [2.05, 4.69) is 14.7 Å². The van der Waals surface area contributed by atoms with Gasteiger partial charge in [-0.2, -0.15) is 0 Å². The number of nitrogens with zero attached hydrogens (tertiary/aromatic N) is 2. The van der Waals surface area contributed by atoms with Crippen LogP contribution in [0.15, 0.2) is 29.8 Å². The van der Waals surface area contributed by atoms with Crippen LogP contribution in [0.5, 0.6) is 0 Å². The monoisotopic (exact) mass is 275 g/mol. The van der Waals surface area contributed by atoms with Gasteiger partial charge in [0.05, 0.1) is 17.9 Å². The van der Waals surface area contributed by atoms with Gasteiger partial charge in [0.1, 0.15) is 5.82 Å². The molecule has 3 rings (SSSR count). The molecule has 0 spiro atoms. The molecular formula is C14H14FN3S. The molecule has 3 nitrogen and oxygen atoms in total. The summed E-state index contributed by atoms with van der Waals surface area (Å²) in [6.45, 7) is 4.38. The fourth-order valence-electron chi connectivity index (χ4n) is 2.04. The zero-order chi connectivity index (χ0) is 13.4. The highest BCUT2D eigenvalue weighted by molar-refractivity contribution is 7.15. The van der Waals surface area contributed by atoms with Crippen LogP contribution in [-0.4, -0.2) is 9.38 Å².